The number of hydrogen-bond acceptors (Lipinski definition) is 5. The topological polar surface area (TPSA) is 84.3 Å². The number of aliphatic carboxylic acids is 1. The summed E-state index contributed by atoms with van der Waals surface area (Å²) in [5.41, 5.74) is -1.05. The predicted molar refractivity (Wildman–Crippen MR) is 51.5 cm³/mol. The molecule has 1 fully saturated rings. The number of rotatable bonds is 3. The molecule has 0 aromatic carbocycles. The third kappa shape index (κ3) is 1.89. The lowest BCUT2D eigenvalue weighted by atomic mass is 9.99. The van der Waals surface area contributed by atoms with Crippen molar-refractivity contribution in [2.75, 3.05) is 18.5 Å². The Bertz CT molecular complexity index is 349. The minimum atomic E-state index is -1.05. The molecule has 0 bridgehead atoms. The van der Waals surface area contributed by atoms with Crippen LogP contribution in [-0.2, 0) is 9.53 Å². The number of carboxylic acid groups (broad SMARTS) is 1. The molecule has 1 aliphatic rings. The third-order valence-corrected chi connectivity index (χ3v) is 2.38. The van der Waals surface area contributed by atoms with Crippen LogP contribution < -0.4 is 5.32 Å². The molecule has 6 nitrogen and oxygen atoms in total. The van der Waals surface area contributed by atoms with Crippen molar-refractivity contribution in [3.05, 3.63) is 18.6 Å². The molecule has 1 saturated heterocycles. The van der Waals surface area contributed by atoms with Gasteiger partial charge in [0, 0.05) is 19.2 Å². The molecule has 0 saturated carbocycles. The van der Waals surface area contributed by atoms with Crippen molar-refractivity contribution in [3.8, 4) is 0 Å². The highest BCUT2D eigenvalue weighted by molar-refractivity contribution is 5.83. The molecule has 1 aromatic heterocycles. The lowest BCUT2D eigenvalue weighted by Gasteiger charge is -2.23. The summed E-state index contributed by atoms with van der Waals surface area (Å²) in [6, 6.07) is 1.63. The summed E-state index contributed by atoms with van der Waals surface area (Å²) >= 11 is 0. The molecule has 6 heteroatoms. The van der Waals surface area contributed by atoms with Crippen molar-refractivity contribution >= 4 is 11.8 Å². The first kappa shape index (κ1) is 9.85. The molecule has 1 atom stereocenters. The fourth-order valence-electron chi connectivity index (χ4n) is 1.50. The maximum absolute atomic E-state index is 11.1. The molecule has 0 aliphatic carbocycles. The molecule has 80 valence electrons. The highest BCUT2D eigenvalue weighted by Gasteiger charge is 2.42. The Morgan fingerprint density at radius 1 is 1.67 bits per heavy atom. The minimum absolute atomic E-state index is 0.159. The standard InChI is InChI=1S/C9H11N3O3/c13-8(14)9(2-4-15-5-9)12-7-1-3-10-6-11-7/h1,3,6H,2,4-5H2,(H,13,14)(H,10,11,12). The first-order valence-corrected chi connectivity index (χ1v) is 4.58. The Labute approximate surface area is 86.3 Å². The van der Waals surface area contributed by atoms with Gasteiger partial charge in [-0.2, -0.15) is 0 Å². The number of carbonyl (C=O) groups is 1. The van der Waals surface area contributed by atoms with Gasteiger partial charge < -0.3 is 15.2 Å². The molecular formula is C9H11N3O3. The third-order valence-electron chi connectivity index (χ3n) is 2.38. The molecule has 1 unspecified atom stereocenters. The predicted octanol–water partition coefficient (Wildman–Crippen LogP) is 0.132. The summed E-state index contributed by atoms with van der Waals surface area (Å²) < 4.78 is 5.11. The van der Waals surface area contributed by atoms with Crippen LogP contribution in [0.25, 0.3) is 0 Å². The summed E-state index contributed by atoms with van der Waals surface area (Å²) in [5, 5.41) is 12.0. The molecule has 15 heavy (non-hydrogen) atoms. The zero-order valence-electron chi connectivity index (χ0n) is 8.01. The quantitative estimate of drug-likeness (QED) is 0.736. The van der Waals surface area contributed by atoms with E-state index in [2.05, 4.69) is 15.3 Å². The van der Waals surface area contributed by atoms with Crippen LogP contribution in [0.4, 0.5) is 5.82 Å². The van der Waals surface area contributed by atoms with Crippen LogP contribution >= 0.6 is 0 Å². The van der Waals surface area contributed by atoms with E-state index in [4.69, 9.17) is 9.84 Å². The summed E-state index contributed by atoms with van der Waals surface area (Å²) in [6.45, 7) is 0.608. The van der Waals surface area contributed by atoms with E-state index in [-0.39, 0.29) is 6.61 Å². The maximum atomic E-state index is 11.1. The van der Waals surface area contributed by atoms with Crippen molar-refractivity contribution < 1.29 is 14.6 Å². The van der Waals surface area contributed by atoms with Gasteiger partial charge in [0.25, 0.3) is 0 Å². The Morgan fingerprint density at radius 3 is 3.07 bits per heavy atom. The monoisotopic (exact) mass is 209 g/mol. The molecule has 2 rings (SSSR count). The van der Waals surface area contributed by atoms with E-state index in [0.717, 1.165) is 0 Å². The van der Waals surface area contributed by atoms with E-state index < -0.39 is 11.5 Å². The summed E-state index contributed by atoms with van der Waals surface area (Å²) in [4.78, 5) is 18.8. The molecule has 1 aliphatic heterocycles. The second kappa shape index (κ2) is 3.82. The second-order valence-corrected chi connectivity index (χ2v) is 3.41. The van der Waals surface area contributed by atoms with Crippen molar-refractivity contribution in [3.63, 3.8) is 0 Å². The fraction of sp³-hybridized carbons (Fsp3) is 0.444. The average Bonchev–Trinajstić information content (AvgIpc) is 2.69. The second-order valence-electron chi connectivity index (χ2n) is 3.41. The van der Waals surface area contributed by atoms with E-state index in [0.29, 0.717) is 18.8 Å². The van der Waals surface area contributed by atoms with Gasteiger partial charge in [0.05, 0.1) is 6.61 Å². The van der Waals surface area contributed by atoms with Gasteiger partial charge in [0.1, 0.15) is 12.1 Å². The SMILES string of the molecule is O=C(O)C1(Nc2ccncn2)CCOC1. The zero-order chi connectivity index (χ0) is 10.7. The van der Waals surface area contributed by atoms with E-state index in [1.54, 1.807) is 12.3 Å². The Kier molecular flexibility index (Phi) is 2.51. The first-order valence-electron chi connectivity index (χ1n) is 4.58. The van der Waals surface area contributed by atoms with Crippen LogP contribution in [0.1, 0.15) is 6.42 Å². The fourth-order valence-corrected chi connectivity index (χ4v) is 1.50. The van der Waals surface area contributed by atoms with Crippen LogP contribution in [0.5, 0.6) is 0 Å². The van der Waals surface area contributed by atoms with Crippen LogP contribution in [0.2, 0.25) is 0 Å². The summed E-state index contributed by atoms with van der Waals surface area (Å²) in [6.07, 6.45) is 3.36. The van der Waals surface area contributed by atoms with Gasteiger partial charge in [-0.25, -0.2) is 14.8 Å². The number of ether oxygens (including phenoxy) is 1. The summed E-state index contributed by atoms with van der Waals surface area (Å²) in [5.74, 6) is -0.420. The highest BCUT2D eigenvalue weighted by Crippen LogP contribution is 2.23. The van der Waals surface area contributed by atoms with Crippen LogP contribution in [-0.4, -0.2) is 39.8 Å². The van der Waals surface area contributed by atoms with E-state index in [1.165, 1.54) is 6.33 Å². The normalized spacial score (nSPS) is 25.1. The van der Waals surface area contributed by atoms with Crippen LogP contribution in [0.3, 0.4) is 0 Å². The Hall–Kier alpha value is -1.69. The van der Waals surface area contributed by atoms with Crippen molar-refractivity contribution in [1.29, 1.82) is 0 Å². The van der Waals surface area contributed by atoms with Crippen molar-refractivity contribution in [1.82, 2.24) is 9.97 Å². The van der Waals surface area contributed by atoms with Gasteiger partial charge in [-0.05, 0) is 6.07 Å². The number of aromatic nitrogens is 2. The first-order chi connectivity index (χ1) is 7.23. The Morgan fingerprint density at radius 2 is 2.53 bits per heavy atom. The summed E-state index contributed by atoms with van der Waals surface area (Å²) in [7, 11) is 0. The van der Waals surface area contributed by atoms with Crippen molar-refractivity contribution in [2.45, 2.75) is 12.0 Å². The molecule has 1 aromatic rings. The molecule has 0 amide bonds. The van der Waals surface area contributed by atoms with Crippen molar-refractivity contribution in [2.24, 2.45) is 0 Å². The largest absolute Gasteiger partial charge is 0.479 e. The van der Waals surface area contributed by atoms with E-state index in [1.807, 2.05) is 0 Å². The lowest BCUT2D eigenvalue weighted by molar-refractivity contribution is -0.142. The average molecular weight is 209 g/mol. The minimum Gasteiger partial charge on any atom is -0.479 e. The Balaban J connectivity index is 2.18. The van der Waals surface area contributed by atoms with Gasteiger partial charge in [-0.15, -0.1) is 0 Å². The van der Waals surface area contributed by atoms with Gasteiger partial charge in [-0.1, -0.05) is 0 Å². The molecule has 2 N–H and O–H groups in total. The van der Waals surface area contributed by atoms with Gasteiger partial charge >= 0.3 is 5.97 Å². The smallest absolute Gasteiger partial charge is 0.331 e. The molecule has 0 spiro atoms. The number of hydrogen-bond donors (Lipinski definition) is 2. The molecule has 0 radical (unpaired) electrons. The van der Waals surface area contributed by atoms with E-state index >= 15 is 0 Å². The number of anilines is 1. The molecule has 2 heterocycles. The molecular weight excluding hydrogens is 198 g/mol. The lowest BCUT2D eigenvalue weighted by Crippen LogP contribution is -2.47. The van der Waals surface area contributed by atoms with Crippen LogP contribution in [0.15, 0.2) is 18.6 Å². The van der Waals surface area contributed by atoms with E-state index in [9.17, 15) is 4.79 Å². The highest BCUT2D eigenvalue weighted by atomic mass is 16.5. The zero-order valence-corrected chi connectivity index (χ0v) is 8.01. The van der Waals surface area contributed by atoms with Gasteiger partial charge in [-0.3, -0.25) is 0 Å². The van der Waals surface area contributed by atoms with Gasteiger partial charge in [0.15, 0.2) is 5.54 Å². The van der Waals surface area contributed by atoms with Crippen LogP contribution in [0, 0.1) is 0 Å². The van der Waals surface area contributed by atoms with Gasteiger partial charge in [0.2, 0.25) is 0 Å². The number of nitrogens with one attached hydrogen (secondary N) is 1. The maximum Gasteiger partial charge on any atom is 0.331 e. The number of nitrogens with zero attached hydrogens (tertiary/aromatic N) is 2. The number of carboxylic acids is 1.